The van der Waals surface area contributed by atoms with Crippen LogP contribution in [0.2, 0.25) is 0 Å². The van der Waals surface area contributed by atoms with E-state index in [1.165, 1.54) is 6.08 Å². The van der Waals surface area contributed by atoms with Crippen LogP contribution in [0.3, 0.4) is 0 Å². The van der Waals surface area contributed by atoms with Gasteiger partial charge in [-0.25, -0.2) is 4.79 Å². The minimum atomic E-state index is -0.932. The summed E-state index contributed by atoms with van der Waals surface area (Å²) in [6.45, 7) is 3.76. The van der Waals surface area contributed by atoms with Crippen LogP contribution in [0.4, 0.5) is 0 Å². The largest absolute Gasteiger partial charge is 0.478 e. The first-order valence-corrected chi connectivity index (χ1v) is 7.20. The van der Waals surface area contributed by atoms with Gasteiger partial charge in [-0.05, 0) is 48.8 Å². The fraction of sp³-hybridized carbons (Fsp3) is 0.133. The normalized spacial score (nSPS) is 13.1. The fourth-order valence-electron chi connectivity index (χ4n) is 1.46. The van der Waals surface area contributed by atoms with E-state index in [0.717, 1.165) is 20.1 Å². The van der Waals surface area contributed by atoms with Crippen molar-refractivity contribution in [2.24, 2.45) is 0 Å². The molecule has 1 aromatic rings. The van der Waals surface area contributed by atoms with E-state index in [0.29, 0.717) is 5.57 Å². The van der Waals surface area contributed by atoms with Gasteiger partial charge in [-0.2, -0.15) is 0 Å². The van der Waals surface area contributed by atoms with Gasteiger partial charge < -0.3 is 5.11 Å². The quantitative estimate of drug-likeness (QED) is 0.571. The molecule has 0 spiro atoms. The predicted molar refractivity (Wildman–Crippen MR) is 86.0 cm³/mol. The van der Waals surface area contributed by atoms with E-state index < -0.39 is 5.97 Å². The average molecular weight is 386 g/mol. The van der Waals surface area contributed by atoms with Gasteiger partial charge in [-0.3, -0.25) is 0 Å². The molecule has 0 saturated carbocycles. The van der Waals surface area contributed by atoms with Crippen molar-refractivity contribution in [2.75, 3.05) is 0 Å². The second kappa shape index (κ2) is 7.46. The van der Waals surface area contributed by atoms with E-state index >= 15 is 0 Å². The van der Waals surface area contributed by atoms with Crippen LogP contribution in [0.15, 0.2) is 57.0 Å². The molecule has 0 aliphatic heterocycles. The maximum Gasteiger partial charge on any atom is 0.328 e. The lowest BCUT2D eigenvalue weighted by atomic mass is 10.1. The van der Waals surface area contributed by atoms with Crippen molar-refractivity contribution in [1.82, 2.24) is 0 Å². The Bertz CT molecular complexity index is 549. The maximum atomic E-state index is 10.5. The Morgan fingerprint density at radius 1 is 1.16 bits per heavy atom. The molecule has 0 radical (unpaired) electrons. The van der Waals surface area contributed by atoms with Crippen LogP contribution in [0.1, 0.15) is 19.4 Å². The second-order valence-electron chi connectivity index (χ2n) is 4.09. The molecule has 0 amide bonds. The third-order valence-electron chi connectivity index (χ3n) is 2.37. The van der Waals surface area contributed by atoms with Crippen LogP contribution in [-0.4, -0.2) is 11.1 Å². The van der Waals surface area contributed by atoms with E-state index in [1.54, 1.807) is 13.0 Å². The van der Waals surface area contributed by atoms with Gasteiger partial charge in [0.15, 0.2) is 0 Å². The van der Waals surface area contributed by atoms with E-state index in [-0.39, 0.29) is 0 Å². The smallest absolute Gasteiger partial charge is 0.328 e. The molecule has 2 nitrogen and oxygen atoms in total. The highest BCUT2D eigenvalue weighted by Crippen LogP contribution is 2.24. The topological polar surface area (TPSA) is 37.3 Å². The molecule has 1 rings (SSSR count). The Balaban J connectivity index is 2.88. The van der Waals surface area contributed by atoms with Crippen molar-refractivity contribution in [3.8, 4) is 0 Å². The van der Waals surface area contributed by atoms with E-state index in [9.17, 15) is 4.79 Å². The van der Waals surface area contributed by atoms with Gasteiger partial charge in [-0.1, -0.05) is 50.1 Å². The molecule has 0 heterocycles. The molecule has 0 bridgehead atoms. The van der Waals surface area contributed by atoms with Crippen molar-refractivity contribution in [2.45, 2.75) is 13.8 Å². The minimum Gasteiger partial charge on any atom is -0.478 e. The minimum absolute atomic E-state index is 0.701. The summed E-state index contributed by atoms with van der Waals surface area (Å²) in [6.07, 6.45) is 6.74. The second-order valence-corrected chi connectivity index (χ2v) is 5.92. The van der Waals surface area contributed by atoms with Crippen LogP contribution >= 0.6 is 31.9 Å². The molecule has 100 valence electrons. The zero-order valence-electron chi connectivity index (χ0n) is 10.7. The first-order chi connectivity index (χ1) is 8.88. The molecule has 0 aliphatic carbocycles. The lowest BCUT2D eigenvalue weighted by Gasteiger charge is -2.03. The Labute approximate surface area is 129 Å². The lowest BCUT2D eigenvalue weighted by molar-refractivity contribution is -0.131. The average Bonchev–Trinajstić information content (AvgIpc) is 2.26. The van der Waals surface area contributed by atoms with Gasteiger partial charge in [0.2, 0.25) is 0 Å². The molecule has 1 N–H and O–H groups in total. The highest BCUT2D eigenvalue weighted by molar-refractivity contribution is 9.11. The summed E-state index contributed by atoms with van der Waals surface area (Å²) in [5.74, 6) is -0.932. The standard InChI is InChI=1S/C15H14Br2O2/c1-10(6-15(18)19)4-3-5-11(2)12-7-13(16)9-14(17)8-12/h3-9H,1-2H3,(H,18,19)/b4-3+,10-6+,11-5+. The van der Waals surface area contributed by atoms with Crippen molar-refractivity contribution < 1.29 is 9.90 Å². The molecular formula is C15H14Br2O2. The molecule has 0 fully saturated rings. The molecule has 19 heavy (non-hydrogen) atoms. The van der Waals surface area contributed by atoms with Crippen LogP contribution in [0, 0.1) is 0 Å². The summed E-state index contributed by atoms with van der Waals surface area (Å²) in [7, 11) is 0. The molecule has 0 unspecified atom stereocenters. The van der Waals surface area contributed by atoms with Gasteiger partial charge >= 0.3 is 5.97 Å². The van der Waals surface area contributed by atoms with Crippen LogP contribution in [0.5, 0.6) is 0 Å². The number of carboxylic acids is 1. The van der Waals surface area contributed by atoms with Gasteiger partial charge in [0, 0.05) is 15.0 Å². The van der Waals surface area contributed by atoms with Crippen molar-refractivity contribution >= 4 is 43.4 Å². The van der Waals surface area contributed by atoms with Crippen molar-refractivity contribution in [1.29, 1.82) is 0 Å². The Kier molecular flexibility index (Phi) is 6.25. The summed E-state index contributed by atoms with van der Waals surface area (Å²) < 4.78 is 2.02. The lowest BCUT2D eigenvalue weighted by Crippen LogP contribution is -1.87. The Hall–Kier alpha value is -1.13. The van der Waals surface area contributed by atoms with E-state index in [2.05, 4.69) is 31.9 Å². The van der Waals surface area contributed by atoms with Crippen molar-refractivity contribution in [3.05, 3.63) is 62.6 Å². The number of hydrogen-bond acceptors (Lipinski definition) is 1. The molecular weight excluding hydrogens is 372 g/mol. The van der Waals surface area contributed by atoms with Gasteiger partial charge in [0.1, 0.15) is 0 Å². The molecule has 4 heteroatoms. The first-order valence-electron chi connectivity index (χ1n) is 5.61. The summed E-state index contributed by atoms with van der Waals surface area (Å²) in [6, 6.07) is 6.04. The summed E-state index contributed by atoms with van der Waals surface area (Å²) in [5, 5.41) is 8.60. The first kappa shape index (κ1) is 15.9. The maximum absolute atomic E-state index is 10.5. The van der Waals surface area contributed by atoms with E-state index in [1.807, 2.05) is 37.3 Å². The number of aliphatic carboxylic acids is 1. The number of hydrogen-bond donors (Lipinski definition) is 1. The number of benzene rings is 1. The highest BCUT2D eigenvalue weighted by atomic mass is 79.9. The summed E-state index contributed by atoms with van der Waals surface area (Å²) in [5.41, 5.74) is 2.90. The van der Waals surface area contributed by atoms with Crippen LogP contribution < -0.4 is 0 Å². The van der Waals surface area contributed by atoms with Gasteiger partial charge in [0.25, 0.3) is 0 Å². The van der Waals surface area contributed by atoms with Gasteiger partial charge in [-0.15, -0.1) is 0 Å². The zero-order chi connectivity index (χ0) is 14.4. The molecule has 0 saturated heterocycles. The summed E-state index contributed by atoms with van der Waals surface area (Å²) in [4.78, 5) is 10.5. The van der Waals surface area contributed by atoms with Gasteiger partial charge in [0.05, 0.1) is 0 Å². The number of rotatable bonds is 4. The van der Waals surface area contributed by atoms with E-state index in [4.69, 9.17) is 5.11 Å². The van der Waals surface area contributed by atoms with Crippen molar-refractivity contribution in [3.63, 3.8) is 0 Å². The number of carbonyl (C=O) groups is 1. The third-order valence-corrected chi connectivity index (χ3v) is 3.29. The molecule has 0 aliphatic rings. The monoisotopic (exact) mass is 384 g/mol. The molecule has 1 aromatic carbocycles. The Morgan fingerprint density at radius 2 is 1.74 bits per heavy atom. The molecule has 0 atom stereocenters. The molecule has 0 aromatic heterocycles. The summed E-state index contributed by atoms with van der Waals surface area (Å²) >= 11 is 6.90. The SMILES string of the molecule is CC(/C=C/C=C(\C)c1cc(Br)cc(Br)c1)=C\C(=O)O. The number of halogens is 2. The van der Waals surface area contributed by atoms with Crippen LogP contribution in [0.25, 0.3) is 5.57 Å². The third kappa shape index (κ3) is 6.03. The van der Waals surface area contributed by atoms with Crippen LogP contribution in [-0.2, 0) is 4.79 Å². The Morgan fingerprint density at radius 3 is 2.26 bits per heavy atom. The zero-order valence-corrected chi connectivity index (χ0v) is 13.8. The highest BCUT2D eigenvalue weighted by Gasteiger charge is 1.98. The fourth-order valence-corrected chi connectivity index (χ4v) is 2.76. The number of carboxylic acid groups (broad SMARTS) is 1. The predicted octanol–water partition coefficient (Wildman–Crippen LogP) is 5.20. The number of allylic oxidation sites excluding steroid dienone is 5.